The third kappa shape index (κ3) is 2.53. The SMILES string of the molecule is CCC(NC(=O)c1c(N)n[nH]c1C)C(C)C. The van der Waals surface area contributed by atoms with Crippen LogP contribution in [0.15, 0.2) is 0 Å². The molecule has 0 aromatic carbocycles. The molecule has 1 atom stereocenters. The predicted octanol–water partition coefficient (Wildman–Crippen LogP) is 1.46. The third-order valence-corrected chi connectivity index (χ3v) is 2.76. The molecule has 16 heavy (non-hydrogen) atoms. The van der Waals surface area contributed by atoms with Crippen molar-refractivity contribution in [3.63, 3.8) is 0 Å². The Morgan fingerprint density at radius 1 is 1.56 bits per heavy atom. The van der Waals surface area contributed by atoms with Gasteiger partial charge in [-0.1, -0.05) is 20.8 Å². The molecule has 1 heterocycles. The smallest absolute Gasteiger partial charge is 0.257 e. The predicted molar refractivity (Wildman–Crippen MR) is 64.1 cm³/mol. The summed E-state index contributed by atoms with van der Waals surface area (Å²) >= 11 is 0. The van der Waals surface area contributed by atoms with E-state index in [1.807, 2.05) is 0 Å². The number of aromatic amines is 1. The number of aromatic nitrogens is 2. The maximum Gasteiger partial charge on any atom is 0.257 e. The summed E-state index contributed by atoms with van der Waals surface area (Å²) in [5.41, 5.74) is 6.79. The molecule has 1 aromatic heterocycles. The highest BCUT2D eigenvalue weighted by molar-refractivity contribution is 5.99. The van der Waals surface area contributed by atoms with Crippen molar-refractivity contribution in [2.45, 2.75) is 40.2 Å². The number of anilines is 1. The zero-order valence-corrected chi connectivity index (χ0v) is 10.3. The van der Waals surface area contributed by atoms with Crippen LogP contribution in [-0.4, -0.2) is 22.1 Å². The monoisotopic (exact) mass is 224 g/mol. The standard InChI is InChI=1S/C11H20N4O/c1-5-8(6(2)3)13-11(16)9-7(4)14-15-10(9)12/h6,8H,5H2,1-4H3,(H,13,16)(H3,12,14,15). The van der Waals surface area contributed by atoms with Gasteiger partial charge in [-0.15, -0.1) is 0 Å². The van der Waals surface area contributed by atoms with Gasteiger partial charge in [0.25, 0.3) is 5.91 Å². The lowest BCUT2D eigenvalue weighted by molar-refractivity contribution is 0.0925. The van der Waals surface area contributed by atoms with Crippen molar-refractivity contribution in [1.82, 2.24) is 15.5 Å². The second-order valence-electron chi connectivity index (χ2n) is 4.34. The molecule has 1 aromatic rings. The number of nitrogens with two attached hydrogens (primary N) is 1. The number of nitrogens with one attached hydrogen (secondary N) is 2. The van der Waals surface area contributed by atoms with Gasteiger partial charge in [0.05, 0.1) is 0 Å². The van der Waals surface area contributed by atoms with Crippen molar-refractivity contribution in [3.8, 4) is 0 Å². The lowest BCUT2D eigenvalue weighted by Gasteiger charge is -2.20. The van der Waals surface area contributed by atoms with E-state index in [9.17, 15) is 4.79 Å². The lowest BCUT2D eigenvalue weighted by Crippen LogP contribution is -2.38. The molecule has 1 rings (SSSR count). The van der Waals surface area contributed by atoms with Crippen molar-refractivity contribution in [2.75, 3.05) is 5.73 Å². The van der Waals surface area contributed by atoms with Gasteiger partial charge in [-0.05, 0) is 19.3 Å². The summed E-state index contributed by atoms with van der Waals surface area (Å²) in [6.07, 6.45) is 0.903. The Kier molecular flexibility index (Phi) is 3.93. The van der Waals surface area contributed by atoms with Crippen LogP contribution in [0.1, 0.15) is 43.2 Å². The van der Waals surface area contributed by atoms with Crippen molar-refractivity contribution in [1.29, 1.82) is 0 Å². The normalized spacial score (nSPS) is 12.8. The molecular weight excluding hydrogens is 204 g/mol. The molecule has 90 valence electrons. The largest absolute Gasteiger partial charge is 0.382 e. The molecule has 0 aliphatic carbocycles. The molecule has 1 amide bonds. The van der Waals surface area contributed by atoms with Crippen LogP contribution < -0.4 is 11.1 Å². The fraction of sp³-hybridized carbons (Fsp3) is 0.636. The Balaban J connectivity index is 2.80. The molecule has 0 saturated heterocycles. The van der Waals surface area contributed by atoms with E-state index in [-0.39, 0.29) is 17.8 Å². The number of hydrogen-bond acceptors (Lipinski definition) is 3. The van der Waals surface area contributed by atoms with Crippen LogP contribution in [0.25, 0.3) is 0 Å². The minimum atomic E-state index is -0.149. The minimum Gasteiger partial charge on any atom is -0.382 e. The Labute approximate surface area is 95.8 Å². The number of amides is 1. The maximum absolute atomic E-state index is 12.0. The third-order valence-electron chi connectivity index (χ3n) is 2.76. The summed E-state index contributed by atoms with van der Waals surface area (Å²) in [7, 11) is 0. The Bertz CT molecular complexity index is 351. The topological polar surface area (TPSA) is 83.8 Å². The molecule has 0 fully saturated rings. The maximum atomic E-state index is 12.0. The second-order valence-corrected chi connectivity index (χ2v) is 4.34. The van der Waals surface area contributed by atoms with Crippen LogP contribution >= 0.6 is 0 Å². The lowest BCUT2D eigenvalue weighted by atomic mass is 10.0. The summed E-state index contributed by atoms with van der Waals surface area (Å²) in [5.74, 6) is 0.514. The average Bonchev–Trinajstić information content (AvgIpc) is 2.54. The van der Waals surface area contributed by atoms with Crippen molar-refractivity contribution in [3.05, 3.63) is 11.3 Å². The number of hydrogen-bond donors (Lipinski definition) is 3. The first-order valence-electron chi connectivity index (χ1n) is 5.58. The van der Waals surface area contributed by atoms with Gasteiger partial charge in [0.15, 0.2) is 5.82 Å². The number of nitrogens with zero attached hydrogens (tertiary/aromatic N) is 1. The number of carbonyl (C=O) groups is 1. The van der Waals surface area contributed by atoms with Crippen LogP contribution in [0.4, 0.5) is 5.82 Å². The first-order valence-corrected chi connectivity index (χ1v) is 5.58. The van der Waals surface area contributed by atoms with Crippen LogP contribution in [0.3, 0.4) is 0 Å². The quantitative estimate of drug-likeness (QED) is 0.724. The molecule has 0 aliphatic rings. The van der Waals surface area contributed by atoms with Crippen molar-refractivity contribution >= 4 is 11.7 Å². The highest BCUT2D eigenvalue weighted by atomic mass is 16.1. The van der Waals surface area contributed by atoms with Crippen LogP contribution in [0.2, 0.25) is 0 Å². The van der Waals surface area contributed by atoms with Crippen LogP contribution in [0.5, 0.6) is 0 Å². The Morgan fingerprint density at radius 3 is 2.56 bits per heavy atom. The van der Waals surface area contributed by atoms with E-state index in [1.165, 1.54) is 0 Å². The Morgan fingerprint density at radius 2 is 2.19 bits per heavy atom. The molecule has 0 radical (unpaired) electrons. The van der Waals surface area contributed by atoms with Gasteiger partial charge in [-0.3, -0.25) is 9.89 Å². The average molecular weight is 224 g/mol. The molecule has 0 bridgehead atoms. The van der Waals surface area contributed by atoms with Crippen molar-refractivity contribution in [2.24, 2.45) is 5.92 Å². The van der Waals surface area contributed by atoms with Gasteiger partial charge in [0.2, 0.25) is 0 Å². The molecular formula is C11H20N4O. The van der Waals surface area contributed by atoms with E-state index in [4.69, 9.17) is 5.73 Å². The minimum absolute atomic E-state index is 0.149. The van der Waals surface area contributed by atoms with E-state index < -0.39 is 0 Å². The number of H-pyrrole nitrogens is 1. The molecule has 1 unspecified atom stereocenters. The van der Waals surface area contributed by atoms with Crippen LogP contribution in [-0.2, 0) is 0 Å². The first-order chi connectivity index (χ1) is 7.47. The fourth-order valence-electron chi connectivity index (χ4n) is 1.72. The van der Waals surface area contributed by atoms with E-state index in [2.05, 4.69) is 36.3 Å². The van der Waals surface area contributed by atoms with Crippen LogP contribution in [0, 0.1) is 12.8 Å². The van der Waals surface area contributed by atoms with E-state index >= 15 is 0 Å². The van der Waals surface area contributed by atoms with E-state index in [0.717, 1.165) is 6.42 Å². The highest BCUT2D eigenvalue weighted by Crippen LogP contribution is 2.14. The number of aryl methyl sites for hydroxylation is 1. The van der Waals surface area contributed by atoms with Gasteiger partial charge in [0.1, 0.15) is 5.56 Å². The summed E-state index contributed by atoms with van der Waals surface area (Å²) in [4.78, 5) is 12.0. The Hall–Kier alpha value is -1.52. The van der Waals surface area contributed by atoms with Gasteiger partial charge < -0.3 is 11.1 Å². The molecule has 0 aliphatic heterocycles. The van der Waals surface area contributed by atoms with E-state index in [1.54, 1.807) is 6.92 Å². The van der Waals surface area contributed by atoms with Gasteiger partial charge in [-0.2, -0.15) is 5.10 Å². The highest BCUT2D eigenvalue weighted by Gasteiger charge is 2.20. The molecule has 5 nitrogen and oxygen atoms in total. The summed E-state index contributed by atoms with van der Waals surface area (Å²) < 4.78 is 0. The van der Waals surface area contributed by atoms with Gasteiger partial charge >= 0.3 is 0 Å². The zero-order valence-electron chi connectivity index (χ0n) is 10.3. The zero-order chi connectivity index (χ0) is 12.3. The second kappa shape index (κ2) is 5.01. The fourth-order valence-corrected chi connectivity index (χ4v) is 1.72. The molecule has 0 spiro atoms. The van der Waals surface area contributed by atoms with Gasteiger partial charge in [-0.25, -0.2) is 0 Å². The number of carbonyl (C=O) groups excluding carboxylic acids is 1. The summed E-state index contributed by atoms with van der Waals surface area (Å²) in [5, 5.41) is 9.48. The van der Waals surface area contributed by atoms with Crippen molar-refractivity contribution < 1.29 is 4.79 Å². The molecule has 5 heteroatoms. The number of rotatable bonds is 4. The molecule has 4 N–H and O–H groups in total. The first kappa shape index (κ1) is 12.5. The van der Waals surface area contributed by atoms with Gasteiger partial charge in [0, 0.05) is 11.7 Å². The molecule has 0 saturated carbocycles. The summed E-state index contributed by atoms with van der Waals surface area (Å²) in [6, 6.07) is 0.168. The summed E-state index contributed by atoms with van der Waals surface area (Å²) in [6.45, 7) is 8.01. The van der Waals surface area contributed by atoms with E-state index in [0.29, 0.717) is 17.2 Å². The number of nitrogen functional groups attached to an aromatic ring is 1.